The quantitative estimate of drug-likeness (QED) is 0.836. The third-order valence-corrected chi connectivity index (χ3v) is 2.81. The van der Waals surface area contributed by atoms with Gasteiger partial charge in [0.15, 0.2) is 0 Å². The average Bonchev–Trinajstić information content (AvgIpc) is 2.40. The van der Waals surface area contributed by atoms with Gasteiger partial charge in [0, 0.05) is 11.8 Å². The SMILES string of the molecule is CCCc1ccc(C(=O)c2ncccc2N)cc1. The molecule has 1 aromatic heterocycles. The van der Waals surface area contributed by atoms with Crippen molar-refractivity contribution in [3.05, 3.63) is 59.4 Å². The van der Waals surface area contributed by atoms with E-state index in [0.29, 0.717) is 16.9 Å². The second-order valence-electron chi connectivity index (χ2n) is 4.22. The van der Waals surface area contributed by atoms with Crippen molar-refractivity contribution in [2.24, 2.45) is 0 Å². The third kappa shape index (κ3) is 2.56. The first-order chi connectivity index (χ1) is 8.72. The molecule has 2 N–H and O–H groups in total. The summed E-state index contributed by atoms with van der Waals surface area (Å²) in [5, 5.41) is 0. The van der Waals surface area contributed by atoms with Gasteiger partial charge >= 0.3 is 0 Å². The van der Waals surface area contributed by atoms with E-state index in [4.69, 9.17) is 5.73 Å². The predicted octanol–water partition coefficient (Wildman–Crippen LogP) is 2.85. The molecule has 0 amide bonds. The maximum absolute atomic E-state index is 12.2. The molecule has 0 spiro atoms. The number of rotatable bonds is 4. The standard InChI is InChI=1S/C15H16N2O/c1-2-4-11-6-8-12(9-7-11)15(18)14-13(16)5-3-10-17-14/h3,5-10H,2,4,16H2,1H3. The topological polar surface area (TPSA) is 56.0 Å². The molecule has 3 nitrogen and oxygen atoms in total. The lowest BCUT2D eigenvalue weighted by atomic mass is 10.0. The summed E-state index contributed by atoms with van der Waals surface area (Å²) in [7, 11) is 0. The highest BCUT2D eigenvalue weighted by atomic mass is 16.1. The van der Waals surface area contributed by atoms with E-state index in [9.17, 15) is 4.79 Å². The van der Waals surface area contributed by atoms with Crippen LogP contribution in [0.25, 0.3) is 0 Å². The summed E-state index contributed by atoms with van der Waals surface area (Å²) in [4.78, 5) is 16.2. The number of ketones is 1. The Hall–Kier alpha value is -2.16. The average molecular weight is 240 g/mol. The fraction of sp³-hybridized carbons (Fsp3) is 0.200. The Morgan fingerprint density at radius 3 is 2.56 bits per heavy atom. The molecule has 0 aliphatic rings. The van der Waals surface area contributed by atoms with Crippen molar-refractivity contribution in [2.45, 2.75) is 19.8 Å². The summed E-state index contributed by atoms with van der Waals surface area (Å²) in [6.07, 6.45) is 3.70. The van der Waals surface area contributed by atoms with Gasteiger partial charge in [-0.1, -0.05) is 37.6 Å². The molecule has 0 radical (unpaired) electrons. The van der Waals surface area contributed by atoms with Crippen LogP contribution in [0.3, 0.4) is 0 Å². The minimum absolute atomic E-state index is 0.129. The molecule has 0 fully saturated rings. The van der Waals surface area contributed by atoms with Crippen molar-refractivity contribution in [1.82, 2.24) is 4.98 Å². The molecular formula is C15H16N2O. The smallest absolute Gasteiger partial charge is 0.213 e. The monoisotopic (exact) mass is 240 g/mol. The summed E-state index contributed by atoms with van der Waals surface area (Å²) in [5.41, 5.74) is 8.35. The molecule has 1 aromatic carbocycles. The van der Waals surface area contributed by atoms with Gasteiger partial charge < -0.3 is 5.73 Å². The number of carbonyl (C=O) groups is 1. The molecule has 0 saturated heterocycles. The van der Waals surface area contributed by atoms with Crippen LogP contribution in [0.15, 0.2) is 42.6 Å². The van der Waals surface area contributed by atoms with Crippen LogP contribution in [0.5, 0.6) is 0 Å². The number of carbonyl (C=O) groups excluding carboxylic acids is 1. The Morgan fingerprint density at radius 1 is 1.22 bits per heavy atom. The van der Waals surface area contributed by atoms with Crippen LogP contribution < -0.4 is 5.73 Å². The lowest BCUT2D eigenvalue weighted by molar-refractivity contribution is 0.103. The largest absolute Gasteiger partial charge is 0.397 e. The number of nitrogens with zero attached hydrogens (tertiary/aromatic N) is 1. The van der Waals surface area contributed by atoms with Gasteiger partial charge in [0.05, 0.1) is 5.69 Å². The normalized spacial score (nSPS) is 10.3. The van der Waals surface area contributed by atoms with E-state index in [0.717, 1.165) is 12.8 Å². The van der Waals surface area contributed by atoms with Crippen LogP contribution in [0.1, 0.15) is 35.0 Å². The van der Waals surface area contributed by atoms with Gasteiger partial charge in [-0.3, -0.25) is 9.78 Å². The predicted molar refractivity (Wildman–Crippen MR) is 72.5 cm³/mol. The van der Waals surface area contributed by atoms with E-state index in [1.807, 2.05) is 24.3 Å². The van der Waals surface area contributed by atoms with Crippen molar-refractivity contribution in [3.8, 4) is 0 Å². The van der Waals surface area contributed by atoms with Crippen molar-refractivity contribution in [3.63, 3.8) is 0 Å². The minimum Gasteiger partial charge on any atom is -0.397 e. The second kappa shape index (κ2) is 5.45. The van der Waals surface area contributed by atoms with Crippen molar-refractivity contribution < 1.29 is 4.79 Å². The number of aromatic nitrogens is 1. The molecule has 0 atom stereocenters. The fourth-order valence-electron chi connectivity index (χ4n) is 1.86. The lowest BCUT2D eigenvalue weighted by Gasteiger charge is -2.04. The van der Waals surface area contributed by atoms with Crippen LogP contribution in [-0.2, 0) is 6.42 Å². The molecule has 1 heterocycles. The van der Waals surface area contributed by atoms with Crippen LogP contribution in [0.4, 0.5) is 5.69 Å². The van der Waals surface area contributed by atoms with E-state index in [-0.39, 0.29) is 5.78 Å². The summed E-state index contributed by atoms with van der Waals surface area (Å²) < 4.78 is 0. The van der Waals surface area contributed by atoms with E-state index in [2.05, 4.69) is 11.9 Å². The van der Waals surface area contributed by atoms with Gasteiger partial charge in [-0.25, -0.2) is 0 Å². The van der Waals surface area contributed by atoms with Gasteiger partial charge in [0.25, 0.3) is 0 Å². The van der Waals surface area contributed by atoms with E-state index in [1.54, 1.807) is 18.3 Å². The summed E-state index contributed by atoms with van der Waals surface area (Å²) in [6, 6.07) is 11.0. The van der Waals surface area contributed by atoms with Crippen LogP contribution in [0.2, 0.25) is 0 Å². The van der Waals surface area contributed by atoms with Gasteiger partial charge in [-0.15, -0.1) is 0 Å². The highest BCUT2D eigenvalue weighted by molar-refractivity contribution is 6.10. The number of benzene rings is 1. The highest BCUT2D eigenvalue weighted by Gasteiger charge is 2.12. The fourth-order valence-corrected chi connectivity index (χ4v) is 1.86. The van der Waals surface area contributed by atoms with Gasteiger partial charge in [0.1, 0.15) is 5.69 Å². The lowest BCUT2D eigenvalue weighted by Crippen LogP contribution is -2.07. The highest BCUT2D eigenvalue weighted by Crippen LogP contribution is 2.14. The molecule has 2 rings (SSSR count). The van der Waals surface area contributed by atoms with E-state index >= 15 is 0 Å². The first-order valence-corrected chi connectivity index (χ1v) is 6.06. The number of pyridine rings is 1. The number of hydrogen-bond acceptors (Lipinski definition) is 3. The van der Waals surface area contributed by atoms with Crippen LogP contribution >= 0.6 is 0 Å². The van der Waals surface area contributed by atoms with Crippen molar-refractivity contribution >= 4 is 11.5 Å². The zero-order valence-corrected chi connectivity index (χ0v) is 10.4. The molecule has 92 valence electrons. The Morgan fingerprint density at radius 2 is 1.94 bits per heavy atom. The summed E-state index contributed by atoms with van der Waals surface area (Å²) >= 11 is 0. The number of hydrogen-bond donors (Lipinski definition) is 1. The molecule has 0 bridgehead atoms. The Balaban J connectivity index is 2.27. The Bertz CT molecular complexity index is 547. The molecule has 3 heteroatoms. The van der Waals surface area contributed by atoms with Gasteiger partial charge in [0.2, 0.25) is 5.78 Å². The maximum Gasteiger partial charge on any atom is 0.213 e. The number of aryl methyl sites for hydroxylation is 1. The molecule has 0 saturated carbocycles. The van der Waals surface area contributed by atoms with E-state index in [1.165, 1.54) is 5.56 Å². The second-order valence-corrected chi connectivity index (χ2v) is 4.22. The zero-order chi connectivity index (χ0) is 13.0. The first-order valence-electron chi connectivity index (χ1n) is 6.06. The minimum atomic E-state index is -0.129. The molecular weight excluding hydrogens is 224 g/mol. The van der Waals surface area contributed by atoms with Crippen molar-refractivity contribution in [1.29, 1.82) is 0 Å². The van der Waals surface area contributed by atoms with Gasteiger partial charge in [-0.2, -0.15) is 0 Å². The van der Waals surface area contributed by atoms with Crippen LogP contribution in [0, 0.1) is 0 Å². The van der Waals surface area contributed by atoms with Crippen LogP contribution in [-0.4, -0.2) is 10.8 Å². The molecule has 0 aliphatic heterocycles. The summed E-state index contributed by atoms with van der Waals surface area (Å²) in [5.74, 6) is -0.129. The third-order valence-electron chi connectivity index (χ3n) is 2.81. The number of nitrogen functional groups attached to an aromatic ring is 1. The number of nitrogens with two attached hydrogens (primary N) is 1. The number of anilines is 1. The first kappa shape index (κ1) is 12.3. The van der Waals surface area contributed by atoms with E-state index < -0.39 is 0 Å². The molecule has 2 aromatic rings. The Labute approximate surface area is 107 Å². The maximum atomic E-state index is 12.2. The Kier molecular flexibility index (Phi) is 3.72. The molecule has 0 unspecified atom stereocenters. The zero-order valence-electron chi connectivity index (χ0n) is 10.4. The summed E-state index contributed by atoms with van der Waals surface area (Å²) in [6.45, 7) is 2.13. The van der Waals surface area contributed by atoms with Gasteiger partial charge in [-0.05, 0) is 24.1 Å². The van der Waals surface area contributed by atoms with Crippen molar-refractivity contribution in [2.75, 3.05) is 5.73 Å². The molecule has 18 heavy (non-hydrogen) atoms. The molecule has 0 aliphatic carbocycles.